The Kier molecular flexibility index (Phi) is 3.92. The van der Waals surface area contributed by atoms with E-state index in [2.05, 4.69) is 11.8 Å². The number of hydrogen-bond donors (Lipinski definition) is 0. The smallest absolute Gasteiger partial charge is 0.401 e. The SMILES string of the molecule is CCN(C)C(=O)OC1=CC=C(F)CC#C1. The molecule has 0 saturated carbocycles. The third-order valence-electron chi connectivity index (χ3n) is 1.87. The molecule has 0 N–H and O–H groups in total. The van der Waals surface area contributed by atoms with Crippen molar-refractivity contribution >= 4 is 6.09 Å². The van der Waals surface area contributed by atoms with E-state index in [0.717, 1.165) is 0 Å². The van der Waals surface area contributed by atoms with Crippen LogP contribution in [0.15, 0.2) is 23.7 Å². The zero-order valence-corrected chi connectivity index (χ0v) is 8.71. The van der Waals surface area contributed by atoms with Crippen molar-refractivity contribution in [1.82, 2.24) is 4.90 Å². The molecule has 4 heteroatoms. The standard InChI is InChI=1S/C11H12FNO2/c1-3-13(2)11(14)15-10-6-4-5-9(12)7-8-10/h7-8H,3,5H2,1-2H3. The Hall–Kier alpha value is -1.76. The van der Waals surface area contributed by atoms with Crippen molar-refractivity contribution in [3.05, 3.63) is 23.7 Å². The number of carbonyl (C=O) groups excluding carboxylic acids is 1. The highest BCUT2D eigenvalue weighted by atomic mass is 19.1. The van der Waals surface area contributed by atoms with Gasteiger partial charge in [0, 0.05) is 13.6 Å². The van der Waals surface area contributed by atoms with E-state index in [1.54, 1.807) is 7.05 Å². The molecule has 0 radical (unpaired) electrons. The van der Waals surface area contributed by atoms with Crippen molar-refractivity contribution in [2.45, 2.75) is 13.3 Å². The molecule has 0 aromatic rings. The molecule has 0 atom stereocenters. The molecule has 0 bridgehead atoms. The topological polar surface area (TPSA) is 29.5 Å². The van der Waals surface area contributed by atoms with Gasteiger partial charge in [-0.2, -0.15) is 0 Å². The van der Waals surface area contributed by atoms with Gasteiger partial charge in [0.25, 0.3) is 0 Å². The highest BCUT2D eigenvalue weighted by molar-refractivity contribution is 5.69. The fourth-order valence-corrected chi connectivity index (χ4v) is 0.843. The maximum atomic E-state index is 12.7. The average Bonchev–Trinajstić information content (AvgIpc) is 2.42. The van der Waals surface area contributed by atoms with Gasteiger partial charge in [-0.15, -0.1) is 0 Å². The van der Waals surface area contributed by atoms with Gasteiger partial charge in [0.1, 0.15) is 5.83 Å². The summed E-state index contributed by atoms with van der Waals surface area (Å²) in [5, 5.41) is 0. The van der Waals surface area contributed by atoms with E-state index in [0.29, 0.717) is 6.54 Å². The van der Waals surface area contributed by atoms with Crippen molar-refractivity contribution < 1.29 is 13.9 Å². The quantitative estimate of drug-likeness (QED) is 0.652. The van der Waals surface area contributed by atoms with E-state index in [-0.39, 0.29) is 18.0 Å². The number of halogens is 1. The van der Waals surface area contributed by atoms with Gasteiger partial charge < -0.3 is 9.64 Å². The second kappa shape index (κ2) is 5.20. The zero-order valence-electron chi connectivity index (χ0n) is 8.71. The monoisotopic (exact) mass is 209 g/mol. The summed E-state index contributed by atoms with van der Waals surface area (Å²) < 4.78 is 17.7. The third-order valence-corrected chi connectivity index (χ3v) is 1.87. The van der Waals surface area contributed by atoms with Gasteiger partial charge >= 0.3 is 6.09 Å². The molecule has 0 unspecified atom stereocenters. The summed E-state index contributed by atoms with van der Waals surface area (Å²) in [6, 6.07) is 0. The molecule has 0 aromatic carbocycles. The van der Waals surface area contributed by atoms with E-state index in [1.165, 1.54) is 17.1 Å². The maximum Gasteiger partial charge on any atom is 0.415 e. The van der Waals surface area contributed by atoms with Gasteiger partial charge in [0.15, 0.2) is 5.76 Å². The molecule has 80 valence electrons. The Morgan fingerprint density at radius 3 is 3.07 bits per heavy atom. The molecule has 15 heavy (non-hydrogen) atoms. The summed E-state index contributed by atoms with van der Waals surface area (Å²) in [7, 11) is 1.61. The minimum absolute atomic E-state index is 0.0567. The number of nitrogens with zero attached hydrogens (tertiary/aromatic N) is 1. The van der Waals surface area contributed by atoms with E-state index < -0.39 is 6.09 Å². The molecule has 0 aliphatic heterocycles. The number of allylic oxidation sites excluding steroid dienone is 4. The molecule has 1 amide bonds. The first-order valence-corrected chi connectivity index (χ1v) is 4.61. The summed E-state index contributed by atoms with van der Waals surface area (Å²) in [5.74, 6) is 4.96. The normalized spacial score (nSPS) is 14.1. The number of carbonyl (C=O) groups is 1. The van der Waals surface area contributed by atoms with Crippen molar-refractivity contribution in [3.63, 3.8) is 0 Å². The van der Waals surface area contributed by atoms with Crippen LogP contribution in [-0.4, -0.2) is 24.6 Å². The van der Waals surface area contributed by atoms with Crippen LogP contribution in [0.5, 0.6) is 0 Å². The molecular formula is C11H12FNO2. The van der Waals surface area contributed by atoms with Crippen molar-refractivity contribution in [3.8, 4) is 11.8 Å². The Labute approximate surface area is 88.2 Å². The van der Waals surface area contributed by atoms with Crippen LogP contribution in [0.25, 0.3) is 0 Å². The fraction of sp³-hybridized carbons (Fsp3) is 0.364. The highest BCUT2D eigenvalue weighted by Gasteiger charge is 2.10. The van der Waals surface area contributed by atoms with Gasteiger partial charge in [-0.1, -0.05) is 5.92 Å². The second-order valence-electron chi connectivity index (χ2n) is 3.01. The second-order valence-corrected chi connectivity index (χ2v) is 3.01. The molecule has 1 aliphatic carbocycles. The lowest BCUT2D eigenvalue weighted by molar-refractivity contribution is 0.144. The number of rotatable bonds is 2. The van der Waals surface area contributed by atoms with Crippen LogP contribution >= 0.6 is 0 Å². The van der Waals surface area contributed by atoms with Crippen LogP contribution in [0.3, 0.4) is 0 Å². The number of hydrogen-bond acceptors (Lipinski definition) is 2. The van der Waals surface area contributed by atoms with E-state index in [4.69, 9.17) is 4.74 Å². The van der Waals surface area contributed by atoms with Crippen LogP contribution in [0.1, 0.15) is 13.3 Å². The summed E-state index contributed by atoms with van der Waals surface area (Å²) in [6.45, 7) is 2.37. The molecule has 3 nitrogen and oxygen atoms in total. The summed E-state index contributed by atoms with van der Waals surface area (Å²) >= 11 is 0. The zero-order chi connectivity index (χ0) is 11.3. The predicted octanol–water partition coefficient (Wildman–Crippen LogP) is 2.22. The van der Waals surface area contributed by atoms with Crippen molar-refractivity contribution in [1.29, 1.82) is 0 Å². The first-order valence-electron chi connectivity index (χ1n) is 4.61. The third kappa shape index (κ3) is 3.47. The number of ether oxygens (including phenoxy) is 1. The van der Waals surface area contributed by atoms with Gasteiger partial charge in [-0.3, -0.25) is 0 Å². The maximum absolute atomic E-state index is 12.7. The van der Waals surface area contributed by atoms with Gasteiger partial charge in [0.05, 0.1) is 6.42 Å². The van der Waals surface area contributed by atoms with E-state index in [9.17, 15) is 9.18 Å². The summed E-state index contributed by atoms with van der Waals surface area (Å²) in [4.78, 5) is 12.7. The predicted molar refractivity (Wildman–Crippen MR) is 54.5 cm³/mol. The largest absolute Gasteiger partial charge is 0.415 e. The Bertz CT molecular complexity index is 374. The Morgan fingerprint density at radius 2 is 2.40 bits per heavy atom. The fourth-order valence-electron chi connectivity index (χ4n) is 0.843. The lowest BCUT2D eigenvalue weighted by Gasteiger charge is -2.13. The molecular weight excluding hydrogens is 197 g/mol. The lowest BCUT2D eigenvalue weighted by Crippen LogP contribution is -2.26. The average molecular weight is 209 g/mol. The van der Waals surface area contributed by atoms with Gasteiger partial charge in [-0.25, -0.2) is 9.18 Å². The molecule has 0 spiro atoms. The van der Waals surface area contributed by atoms with Crippen LogP contribution in [-0.2, 0) is 4.74 Å². The van der Waals surface area contributed by atoms with E-state index >= 15 is 0 Å². The van der Waals surface area contributed by atoms with Crippen LogP contribution < -0.4 is 0 Å². The molecule has 0 saturated heterocycles. The minimum atomic E-state index is -0.492. The lowest BCUT2D eigenvalue weighted by atomic mass is 10.4. The summed E-state index contributed by atoms with van der Waals surface area (Å²) in [6.07, 6.45) is 2.16. The molecule has 1 rings (SSSR count). The molecule has 0 aromatic heterocycles. The van der Waals surface area contributed by atoms with Gasteiger partial charge in [-0.05, 0) is 25.0 Å². The van der Waals surface area contributed by atoms with Crippen LogP contribution in [0.4, 0.5) is 9.18 Å². The molecule has 0 fully saturated rings. The van der Waals surface area contributed by atoms with Gasteiger partial charge in [0.2, 0.25) is 0 Å². The molecule has 1 aliphatic rings. The molecule has 0 heterocycles. The Balaban J connectivity index is 2.65. The Morgan fingerprint density at radius 1 is 1.67 bits per heavy atom. The minimum Gasteiger partial charge on any atom is -0.401 e. The highest BCUT2D eigenvalue weighted by Crippen LogP contribution is 2.09. The summed E-state index contributed by atoms with van der Waals surface area (Å²) in [5.41, 5.74) is 0. The van der Waals surface area contributed by atoms with E-state index in [1.807, 2.05) is 6.92 Å². The number of amides is 1. The van der Waals surface area contributed by atoms with Crippen LogP contribution in [0, 0.1) is 11.8 Å². The first kappa shape index (κ1) is 11.3. The van der Waals surface area contributed by atoms with Crippen molar-refractivity contribution in [2.75, 3.05) is 13.6 Å². The van der Waals surface area contributed by atoms with Crippen molar-refractivity contribution in [2.24, 2.45) is 0 Å². The van der Waals surface area contributed by atoms with Crippen LogP contribution in [0.2, 0.25) is 0 Å². The first-order chi connectivity index (χ1) is 7.13.